The van der Waals surface area contributed by atoms with Gasteiger partial charge in [0.15, 0.2) is 0 Å². The van der Waals surface area contributed by atoms with Crippen molar-refractivity contribution in [2.75, 3.05) is 26.3 Å². The second-order valence-electron chi connectivity index (χ2n) is 6.38. The van der Waals surface area contributed by atoms with Crippen molar-refractivity contribution in [3.8, 4) is 0 Å². The smallest absolute Gasteiger partial charge is 0.410 e. The number of amides is 1. The number of Topliss-reactive ketones (excluding diaryl/α,β-unsaturated/α-hetero) is 1. The Morgan fingerprint density at radius 3 is 2.28 bits per heavy atom. The Balaban J connectivity index is 2.05. The summed E-state index contributed by atoms with van der Waals surface area (Å²) in [6, 6.07) is 0. The highest BCUT2D eigenvalue weighted by Crippen LogP contribution is 2.43. The van der Waals surface area contributed by atoms with E-state index in [1.165, 1.54) is 0 Å². The minimum atomic E-state index is -0.505. The number of hydrogen-bond donors (Lipinski definition) is 0. The van der Waals surface area contributed by atoms with Gasteiger partial charge < -0.3 is 14.4 Å². The number of ketones is 1. The molecule has 1 amide bonds. The van der Waals surface area contributed by atoms with Crippen LogP contribution in [-0.4, -0.2) is 48.7 Å². The van der Waals surface area contributed by atoms with Gasteiger partial charge in [0, 0.05) is 24.4 Å². The number of carbonyl (C=O) groups is 2. The molecule has 2 saturated heterocycles. The summed E-state index contributed by atoms with van der Waals surface area (Å²) < 4.78 is 10.6. The molecule has 0 bridgehead atoms. The lowest BCUT2D eigenvalue weighted by atomic mass is 9.74. The Hall–Kier alpha value is -1.10. The molecular weight excluding hydrogens is 234 g/mol. The second kappa shape index (κ2) is 4.23. The summed E-state index contributed by atoms with van der Waals surface area (Å²) in [5.41, 5.74) is -0.669. The summed E-state index contributed by atoms with van der Waals surface area (Å²) in [4.78, 5) is 25.3. The van der Waals surface area contributed by atoms with Crippen LogP contribution in [0.15, 0.2) is 0 Å². The first-order chi connectivity index (χ1) is 8.23. The maximum Gasteiger partial charge on any atom is 0.410 e. The molecule has 2 heterocycles. The lowest BCUT2D eigenvalue weighted by Crippen LogP contribution is -2.50. The zero-order chi connectivity index (χ0) is 13.6. The number of likely N-dealkylation sites (tertiary alicyclic amines) is 1. The molecule has 18 heavy (non-hydrogen) atoms. The summed E-state index contributed by atoms with van der Waals surface area (Å²) >= 11 is 0. The van der Waals surface area contributed by atoms with E-state index in [4.69, 9.17) is 9.47 Å². The molecule has 0 aromatic rings. The van der Waals surface area contributed by atoms with Gasteiger partial charge in [-0.3, -0.25) is 4.79 Å². The molecule has 2 aliphatic heterocycles. The summed E-state index contributed by atoms with van der Waals surface area (Å²) in [6.07, 6.45) is -0.336. The Morgan fingerprint density at radius 2 is 1.94 bits per heavy atom. The summed E-state index contributed by atoms with van der Waals surface area (Å²) in [5.74, 6) is 0.0168. The molecule has 5 heteroatoms. The fourth-order valence-electron chi connectivity index (χ4n) is 2.65. The molecule has 1 spiro atoms. The number of ether oxygens (including phenoxy) is 2. The van der Waals surface area contributed by atoms with Crippen LogP contribution < -0.4 is 0 Å². The largest absolute Gasteiger partial charge is 0.444 e. The molecule has 102 valence electrons. The van der Waals surface area contributed by atoms with Gasteiger partial charge in [-0.05, 0) is 27.7 Å². The van der Waals surface area contributed by atoms with Crippen LogP contribution in [0.2, 0.25) is 0 Å². The minimum absolute atomic E-state index is 0.112. The molecule has 2 aliphatic rings. The molecule has 0 N–H and O–H groups in total. The average molecular weight is 255 g/mol. The zero-order valence-electron chi connectivity index (χ0n) is 11.5. The van der Waals surface area contributed by atoms with Gasteiger partial charge in [-0.1, -0.05) is 0 Å². The van der Waals surface area contributed by atoms with Gasteiger partial charge in [0.05, 0.1) is 13.2 Å². The lowest BCUT2D eigenvalue weighted by molar-refractivity contribution is -0.147. The quantitative estimate of drug-likeness (QED) is 0.711. The molecule has 2 rings (SSSR count). The molecule has 0 radical (unpaired) electrons. The van der Waals surface area contributed by atoms with E-state index in [1.54, 1.807) is 11.8 Å². The first kappa shape index (κ1) is 13.3. The number of nitrogens with zero attached hydrogens (tertiary/aromatic N) is 1. The maximum absolute atomic E-state index is 12.0. The average Bonchev–Trinajstić information content (AvgIpc) is 2.53. The Kier molecular flexibility index (Phi) is 3.13. The predicted octanol–water partition coefficient (Wildman–Crippen LogP) is 1.46. The highest BCUT2D eigenvalue weighted by Gasteiger charge is 2.55. The molecule has 0 aromatic carbocycles. The van der Waals surface area contributed by atoms with E-state index in [0.717, 1.165) is 0 Å². The fraction of sp³-hybridized carbons (Fsp3) is 0.846. The topological polar surface area (TPSA) is 55.8 Å². The van der Waals surface area contributed by atoms with Gasteiger partial charge in [0.1, 0.15) is 11.4 Å². The van der Waals surface area contributed by atoms with E-state index in [2.05, 4.69) is 0 Å². The number of carbonyl (C=O) groups excluding carboxylic acids is 2. The van der Waals surface area contributed by atoms with Crippen molar-refractivity contribution in [1.82, 2.24) is 4.90 Å². The third-order valence-electron chi connectivity index (χ3n) is 3.57. The van der Waals surface area contributed by atoms with E-state index in [9.17, 15) is 9.59 Å². The summed E-state index contributed by atoms with van der Waals surface area (Å²) in [6.45, 7) is 9.25. The van der Waals surface area contributed by atoms with Gasteiger partial charge in [0.2, 0.25) is 0 Å². The highest BCUT2D eigenvalue weighted by atomic mass is 16.6. The van der Waals surface area contributed by atoms with Crippen LogP contribution in [0.5, 0.6) is 0 Å². The van der Waals surface area contributed by atoms with E-state index in [0.29, 0.717) is 26.3 Å². The van der Waals surface area contributed by atoms with Crippen molar-refractivity contribution in [2.45, 2.75) is 33.3 Å². The van der Waals surface area contributed by atoms with Gasteiger partial charge in [-0.2, -0.15) is 0 Å². The number of hydrogen-bond acceptors (Lipinski definition) is 4. The van der Waals surface area contributed by atoms with E-state index in [1.807, 2.05) is 20.8 Å². The van der Waals surface area contributed by atoms with Crippen LogP contribution in [0.25, 0.3) is 0 Å². The predicted molar refractivity (Wildman–Crippen MR) is 65.2 cm³/mol. The molecule has 1 atom stereocenters. The van der Waals surface area contributed by atoms with Crippen molar-refractivity contribution in [2.24, 2.45) is 11.3 Å². The molecule has 0 saturated carbocycles. The van der Waals surface area contributed by atoms with E-state index in [-0.39, 0.29) is 23.2 Å². The summed E-state index contributed by atoms with van der Waals surface area (Å²) in [7, 11) is 0. The molecule has 2 fully saturated rings. The molecule has 5 nitrogen and oxygen atoms in total. The first-order valence-electron chi connectivity index (χ1n) is 6.30. The SMILES string of the molecule is CC(=O)[C@@H]1CN(C(=O)OC(C)(C)C)CC12COC2. The third-order valence-corrected chi connectivity index (χ3v) is 3.57. The van der Waals surface area contributed by atoms with Crippen molar-refractivity contribution < 1.29 is 19.1 Å². The molecule has 0 unspecified atom stereocenters. The molecule has 0 aromatic heterocycles. The summed E-state index contributed by atoms with van der Waals surface area (Å²) in [5, 5.41) is 0. The van der Waals surface area contributed by atoms with Crippen LogP contribution in [0, 0.1) is 11.3 Å². The zero-order valence-corrected chi connectivity index (χ0v) is 11.5. The minimum Gasteiger partial charge on any atom is -0.444 e. The maximum atomic E-state index is 12.0. The van der Waals surface area contributed by atoms with Crippen LogP contribution >= 0.6 is 0 Å². The number of rotatable bonds is 1. The monoisotopic (exact) mass is 255 g/mol. The lowest BCUT2D eigenvalue weighted by Gasteiger charge is -2.41. The second-order valence-corrected chi connectivity index (χ2v) is 6.38. The van der Waals surface area contributed by atoms with Gasteiger partial charge in [-0.15, -0.1) is 0 Å². The van der Waals surface area contributed by atoms with E-state index < -0.39 is 5.60 Å². The first-order valence-corrected chi connectivity index (χ1v) is 6.30. The van der Waals surface area contributed by atoms with Crippen molar-refractivity contribution in [3.05, 3.63) is 0 Å². The fourth-order valence-corrected chi connectivity index (χ4v) is 2.65. The van der Waals surface area contributed by atoms with Gasteiger partial charge in [0.25, 0.3) is 0 Å². The van der Waals surface area contributed by atoms with Crippen molar-refractivity contribution in [1.29, 1.82) is 0 Å². The van der Waals surface area contributed by atoms with Crippen LogP contribution in [-0.2, 0) is 14.3 Å². The normalized spacial score (nSPS) is 26.0. The standard InChI is InChI=1S/C13H21NO4/c1-9(15)10-5-14(6-13(10)7-17-8-13)11(16)18-12(2,3)4/h10H,5-8H2,1-4H3/t10-/m0/s1. The highest BCUT2D eigenvalue weighted by molar-refractivity contribution is 5.81. The van der Waals surface area contributed by atoms with Crippen molar-refractivity contribution >= 4 is 11.9 Å². The van der Waals surface area contributed by atoms with Gasteiger partial charge >= 0.3 is 6.09 Å². The Bertz CT molecular complexity index is 368. The van der Waals surface area contributed by atoms with Crippen molar-refractivity contribution in [3.63, 3.8) is 0 Å². The van der Waals surface area contributed by atoms with Gasteiger partial charge in [-0.25, -0.2) is 4.79 Å². The molecule has 0 aliphatic carbocycles. The third kappa shape index (κ3) is 2.36. The Morgan fingerprint density at radius 1 is 1.33 bits per heavy atom. The van der Waals surface area contributed by atoms with Crippen LogP contribution in [0.1, 0.15) is 27.7 Å². The molecular formula is C13H21NO4. The van der Waals surface area contributed by atoms with Crippen LogP contribution in [0.3, 0.4) is 0 Å². The Labute approximate surface area is 107 Å². The van der Waals surface area contributed by atoms with Crippen LogP contribution in [0.4, 0.5) is 4.79 Å². The van der Waals surface area contributed by atoms with E-state index >= 15 is 0 Å².